The zero-order valence-electron chi connectivity index (χ0n) is 15.0. The standard InChI is InChI=1S/C20H24N4OS/c1-13(26-19-21-22-23-24(19)17-5-3-2-4-6-17)18(25)20-10-14-7-15(11-20)9-16(8-14)12-20/h2-6,13-16H,7-12H2,1H3. The largest absolute Gasteiger partial charge is 0.298 e. The lowest BCUT2D eigenvalue weighted by molar-refractivity contribution is -0.142. The van der Waals surface area contributed by atoms with Crippen molar-refractivity contribution in [2.24, 2.45) is 23.2 Å². The Balaban J connectivity index is 1.36. The molecule has 0 radical (unpaired) electrons. The highest BCUT2D eigenvalue weighted by atomic mass is 32.2. The minimum absolute atomic E-state index is 0.0633. The van der Waals surface area contributed by atoms with Crippen LogP contribution in [0.1, 0.15) is 45.4 Å². The molecule has 2 aromatic rings. The first-order valence-electron chi connectivity index (χ1n) is 9.68. The average Bonchev–Trinajstić information content (AvgIpc) is 3.08. The lowest BCUT2D eigenvalue weighted by Gasteiger charge is -2.56. The van der Waals surface area contributed by atoms with Crippen LogP contribution in [-0.2, 0) is 4.79 Å². The average molecular weight is 369 g/mol. The van der Waals surface area contributed by atoms with Gasteiger partial charge in [-0.05, 0) is 85.8 Å². The van der Waals surface area contributed by atoms with Crippen molar-refractivity contribution in [2.75, 3.05) is 0 Å². The molecular weight excluding hydrogens is 344 g/mol. The van der Waals surface area contributed by atoms with E-state index in [4.69, 9.17) is 0 Å². The Hall–Kier alpha value is -1.69. The number of hydrogen-bond donors (Lipinski definition) is 0. The van der Waals surface area contributed by atoms with Gasteiger partial charge in [-0.2, -0.15) is 4.68 Å². The third-order valence-corrected chi connectivity index (χ3v) is 7.69. The molecule has 4 fully saturated rings. The number of ketones is 1. The molecule has 4 saturated carbocycles. The molecule has 0 N–H and O–H groups in total. The summed E-state index contributed by atoms with van der Waals surface area (Å²) in [6.45, 7) is 2.04. The van der Waals surface area contributed by atoms with Gasteiger partial charge in [-0.3, -0.25) is 4.79 Å². The van der Waals surface area contributed by atoms with Crippen molar-refractivity contribution in [2.45, 2.75) is 55.9 Å². The van der Waals surface area contributed by atoms with Crippen LogP contribution in [-0.4, -0.2) is 31.2 Å². The number of Topliss-reactive ketones (excluding diaryl/α,β-unsaturated/α-hetero) is 1. The van der Waals surface area contributed by atoms with E-state index in [2.05, 4.69) is 15.5 Å². The van der Waals surface area contributed by atoms with Gasteiger partial charge in [0.2, 0.25) is 5.16 Å². The van der Waals surface area contributed by atoms with Crippen LogP contribution in [0.4, 0.5) is 0 Å². The molecule has 5 nitrogen and oxygen atoms in total. The van der Waals surface area contributed by atoms with Crippen LogP contribution >= 0.6 is 11.8 Å². The molecule has 0 saturated heterocycles. The number of benzene rings is 1. The van der Waals surface area contributed by atoms with Gasteiger partial charge in [0, 0.05) is 5.41 Å². The van der Waals surface area contributed by atoms with Crippen LogP contribution in [0.25, 0.3) is 5.69 Å². The summed E-state index contributed by atoms with van der Waals surface area (Å²) in [5.41, 5.74) is 0.862. The molecule has 6 rings (SSSR count). The van der Waals surface area contributed by atoms with Gasteiger partial charge in [-0.1, -0.05) is 30.0 Å². The minimum atomic E-state index is -0.111. The fourth-order valence-electron chi connectivity index (χ4n) is 6.04. The van der Waals surface area contributed by atoms with Gasteiger partial charge >= 0.3 is 0 Å². The third kappa shape index (κ3) is 2.70. The molecule has 1 aromatic heterocycles. The summed E-state index contributed by atoms with van der Waals surface area (Å²) in [5.74, 6) is 2.80. The number of nitrogens with zero attached hydrogens (tertiary/aromatic N) is 4. The second-order valence-electron chi connectivity index (χ2n) is 8.53. The summed E-state index contributed by atoms with van der Waals surface area (Å²) in [5, 5.41) is 12.7. The van der Waals surface area contributed by atoms with Gasteiger partial charge in [0.25, 0.3) is 0 Å². The van der Waals surface area contributed by atoms with Gasteiger partial charge in [0.1, 0.15) is 0 Å². The summed E-state index contributed by atoms with van der Waals surface area (Å²) in [6.07, 6.45) is 7.44. The maximum Gasteiger partial charge on any atom is 0.214 e. The monoisotopic (exact) mass is 368 g/mol. The van der Waals surface area contributed by atoms with Crippen molar-refractivity contribution < 1.29 is 4.79 Å². The Morgan fingerprint density at radius 1 is 1.12 bits per heavy atom. The zero-order valence-corrected chi connectivity index (χ0v) is 15.9. The highest BCUT2D eigenvalue weighted by Gasteiger charge is 2.55. The maximum absolute atomic E-state index is 13.5. The van der Waals surface area contributed by atoms with E-state index < -0.39 is 0 Å². The second kappa shape index (κ2) is 6.19. The van der Waals surface area contributed by atoms with Crippen molar-refractivity contribution in [1.29, 1.82) is 0 Å². The Bertz CT molecular complexity index is 783. The number of thioether (sulfide) groups is 1. The molecule has 4 bridgehead atoms. The predicted octanol–water partition coefficient (Wildman–Crippen LogP) is 3.93. The Morgan fingerprint density at radius 3 is 2.35 bits per heavy atom. The molecule has 1 unspecified atom stereocenters. The number of aromatic nitrogens is 4. The van der Waals surface area contributed by atoms with Gasteiger partial charge < -0.3 is 0 Å². The third-order valence-electron chi connectivity index (χ3n) is 6.65. The van der Waals surface area contributed by atoms with Crippen LogP contribution in [0, 0.1) is 23.2 Å². The lowest BCUT2D eigenvalue weighted by atomic mass is 9.48. The van der Waals surface area contributed by atoms with Crippen molar-refractivity contribution in [3.05, 3.63) is 30.3 Å². The SMILES string of the molecule is CC(Sc1nnnn1-c1ccccc1)C(=O)C12CC3CC(CC(C3)C1)C2. The highest BCUT2D eigenvalue weighted by Crippen LogP contribution is 2.61. The van der Waals surface area contributed by atoms with E-state index in [1.165, 1.54) is 31.0 Å². The maximum atomic E-state index is 13.5. The first kappa shape index (κ1) is 16.5. The Labute approximate surface area is 157 Å². The van der Waals surface area contributed by atoms with E-state index in [-0.39, 0.29) is 10.7 Å². The number of rotatable bonds is 5. The summed E-state index contributed by atoms with van der Waals surface area (Å²) in [6, 6.07) is 9.86. The summed E-state index contributed by atoms with van der Waals surface area (Å²) >= 11 is 1.51. The van der Waals surface area contributed by atoms with Crippen LogP contribution < -0.4 is 0 Å². The van der Waals surface area contributed by atoms with E-state index in [1.807, 2.05) is 37.3 Å². The molecule has 1 heterocycles. The topological polar surface area (TPSA) is 60.7 Å². The van der Waals surface area contributed by atoms with Crippen LogP contribution in [0.3, 0.4) is 0 Å². The number of hydrogen-bond acceptors (Lipinski definition) is 5. The first-order chi connectivity index (χ1) is 12.6. The fourth-order valence-corrected chi connectivity index (χ4v) is 7.04. The van der Waals surface area contributed by atoms with Crippen LogP contribution in [0.5, 0.6) is 0 Å². The normalized spacial score (nSPS) is 33.3. The molecular formula is C20H24N4OS. The second-order valence-corrected chi connectivity index (χ2v) is 9.84. The van der Waals surface area contributed by atoms with E-state index in [0.717, 1.165) is 42.7 Å². The van der Waals surface area contributed by atoms with Crippen molar-refractivity contribution in [3.8, 4) is 5.69 Å². The van der Waals surface area contributed by atoms with E-state index >= 15 is 0 Å². The quantitative estimate of drug-likeness (QED) is 0.749. The fraction of sp³-hybridized carbons (Fsp3) is 0.600. The van der Waals surface area contributed by atoms with E-state index in [9.17, 15) is 4.79 Å². The summed E-state index contributed by atoms with van der Waals surface area (Å²) in [7, 11) is 0. The molecule has 0 spiro atoms. The first-order valence-corrected chi connectivity index (χ1v) is 10.6. The summed E-state index contributed by atoms with van der Waals surface area (Å²) in [4.78, 5) is 13.5. The van der Waals surface area contributed by atoms with Gasteiger partial charge in [0.05, 0.1) is 10.9 Å². The van der Waals surface area contributed by atoms with Crippen LogP contribution in [0.2, 0.25) is 0 Å². The number of carbonyl (C=O) groups is 1. The molecule has 6 heteroatoms. The molecule has 4 aliphatic rings. The van der Waals surface area contributed by atoms with E-state index in [1.54, 1.807) is 4.68 Å². The lowest BCUT2D eigenvalue weighted by Crippen LogP contribution is -2.51. The van der Waals surface area contributed by atoms with Gasteiger partial charge in [-0.15, -0.1) is 5.10 Å². The molecule has 26 heavy (non-hydrogen) atoms. The Kier molecular flexibility index (Phi) is 3.92. The minimum Gasteiger partial charge on any atom is -0.298 e. The van der Waals surface area contributed by atoms with Crippen molar-refractivity contribution in [3.63, 3.8) is 0 Å². The molecule has 0 amide bonds. The number of tetrazole rings is 1. The highest BCUT2D eigenvalue weighted by molar-refractivity contribution is 8.00. The number of carbonyl (C=O) groups excluding carboxylic acids is 1. The van der Waals surface area contributed by atoms with Crippen LogP contribution in [0.15, 0.2) is 35.5 Å². The summed E-state index contributed by atoms with van der Waals surface area (Å²) < 4.78 is 1.73. The van der Waals surface area contributed by atoms with E-state index in [0.29, 0.717) is 10.9 Å². The number of para-hydroxylation sites is 1. The molecule has 0 aliphatic heterocycles. The molecule has 1 atom stereocenters. The molecule has 136 valence electrons. The molecule has 4 aliphatic carbocycles. The smallest absolute Gasteiger partial charge is 0.214 e. The van der Waals surface area contributed by atoms with Gasteiger partial charge in [-0.25, -0.2) is 0 Å². The molecule has 1 aromatic carbocycles. The van der Waals surface area contributed by atoms with Crippen molar-refractivity contribution in [1.82, 2.24) is 20.2 Å². The predicted molar refractivity (Wildman–Crippen MR) is 100 cm³/mol. The van der Waals surface area contributed by atoms with Gasteiger partial charge in [0.15, 0.2) is 5.78 Å². The zero-order chi connectivity index (χ0) is 17.7. The Morgan fingerprint density at radius 2 is 1.73 bits per heavy atom. The van der Waals surface area contributed by atoms with Crippen molar-refractivity contribution >= 4 is 17.5 Å².